The van der Waals surface area contributed by atoms with Gasteiger partial charge in [-0.15, -0.1) is 11.3 Å². The van der Waals surface area contributed by atoms with E-state index >= 15 is 0 Å². The van der Waals surface area contributed by atoms with Crippen LogP contribution in [0.1, 0.15) is 30.6 Å². The molecule has 22 heavy (non-hydrogen) atoms. The van der Waals surface area contributed by atoms with E-state index in [0.717, 1.165) is 12.8 Å². The number of hydrogen-bond acceptors (Lipinski definition) is 2. The molecule has 1 aliphatic carbocycles. The summed E-state index contributed by atoms with van der Waals surface area (Å²) in [6, 6.07) is 10.1. The molecule has 1 N–H and O–H groups in total. The van der Waals surface area contributed by atoms with Crippen LogP contribution in [0.4, 0.5) is 14.9 Å². The van der Waals surface area contributed by atoms with Crippen molar-refractivity contribution in [3.63, 3.8) is 0 Å². The number of halogens is 1. The summed E-state index contributed by atoms with van der Waals surface area (Å²) >= 11 is 1.66. The Hall–Kier alpha value is -1.88. The predicted octanol–water partition coefficient (Wildman–Crippen LogP) is 4.86. The summed E-state index contributed by atoms with van der Waals surface area (Å²) < 4.78 is 13.0. The lowest BCUT2D eigenvalue weighted by Gasteiger charge is -2.28. The average molecular weight is 318 g/mol. The zero-order valence-corrected chi connectivity index (χ0v) is 13.1. The zero-order chi connectivity index (χ0) is 15.4. The third-order valence-electron chi connectivity index (χ3n) is 4.03. The van der Waals surface area contributed by atoms with E-state index in [1.807, 2.05) is 16.3 Å². The second-order valence-electron chi connectivity index (χ2n) is 5.58. The van der Waals surface area contributed by atoms with Gasteiger partial charge in [-0.25, -0.2) is 9.18 Å². The lowest BCUT2D eigenvalue weighted by atomic mass is 10.2. The monoisotopic (exact) mass is 318 g/mol. The smallest absolute Gasteiger partial charge is 0.316 e. The topological polar surface area (TPSA) is 32.3 Å². The molecule has 0 unspecified atom stereocenters. The van der Waals surface area contributed by atoms with Gasteiger partial charge in [-0.3, -0.25) is 0 Å². The molecule has 1 heterocycles. The second kappa shape index (κ2) is 6.92. The molecule has 0 bridgehead atoms. The number of carbonyl (C=O) groups is 1. The van der Waals surface area contributed by atoms with Gasteiger partial charge in [-0.2, -0.15) is 0 Å². The lowest BCUT2D eigenvalue weighted by molar-refractivity contribution is 0.185. The number of benzene rings is 1. The number of rotatable bonds is 4. The molecule has 0 spiro atoms. The highest BCUT2D eigenvalue weighted by Gasteiger charge is 2.27. The minimum atomic E-state index is -0.302. The van der Waals surface area contributed by atoms with E-state index < -0.39 is 0 Å². The van der Waals surface area contributed by atoms with Gasteiger partial charge in [0.1, 0.15) is 5.82 Å². The molecule has 1 fully saturated rings. The Balaban J connectivity index is 1.72. The van der Waals surface area contributed by atoms with Gasteiger partial charge in [0.25, 0.3) is 0 Å². The van der Waals surface area contributed by atoms with Crippen LogP contribution in [0.2, 0.25) is 0 Å². The highest BCUT2D eigenvalue weighted by Crippen LogP contribution is 2.26. The Morgan fingerprint density at radius 1 is 1.23 bits per heavy atom. The van der Waals surface area contributed by atoms with Crippen molar-refractivity contribution >= 4 is 23.1 Å². The van der Waals surface area contributed by atoms with Gasteiger partial charge in [-0.05, 0) is 48.6 Å². The fraction of sp³-hybridized carbons (Fsp3) is 0.353. The Morgan fingerprint density at radius 3 is 2.59 bits per heavy atom. The van der Waals surface area contributed by atoms with Crippen LogP contribution in [0, 0.1) is 5.82 Å². The molecular weight excluding hydrogens is 299 g/mol. The van der Waals surface area contributed by atoms with Crippen molar-refractivity contribution in [2.24, 2.45) is 0 Å². The van der Waals surface area contributed by atoms with Gasteiger partial charge in [0.2, 0.25) is 0 Å². The molecule has 2 amide bonds. The number of carbonyl (C=O) groups excluding carboxylic acids is 1. The summed E-state index contributed by atoms with van der Waals surface area (Å²) in [6.07, 6.45) is 4.47. The van der Waals surface area contributed by atoms with Crippen molar-refractivity contribution in [3.05, 3.63) is 52.5 Å². The van der Waals surface area contributed by atoms with Crippen LogP contribution in [0.25, 0.3) is 0 Å². The molecule has 0 radical (unpaired) electrons. The normalized spacial score (nSPS) is 15.0. The Bertz CT molecular complexity index is 606. The van der Waals surface area contributed by atoms with Crippen molar-refractivity contribution in [3.8, 4) is 0 Å². The van der Waals surface area contributed by atoms with E-state index in [0.29, 0.717) is 18.3 Å². The highest BCUT2D eigenvalue weighted by atomic mass is 32.1. The van der Waals surface area contributed by atoms with Crippen molar-refractivity contribution < 1.29 is 9.18 Å². The van der Waals surface area contributed by atoms with Crippen molar-refractivity contribution in [1.29, 1.82) is 0 Å². The summed E-state index contributed by atoms with van der Waals surface area (Å²) in [7, 11) is 0. The van der Waals surface area contributed by atoms with Gasteiger partial charge in [0.05, 0.1) is 6.54 Å². The number of nitrogens with zero attached hydrogens (tertiary/aromatic N) is 1. The van der Waals surface area contributed by atoms with E-state index in [9.17, 15) is 9.18 Å². The molecule has 116 valence electrons. The van der Waals surface area contributed by atoms with Gasteiger partial charge in [0.15, 0.2) is 0 Å². The van der Waals surface area contributed by atoms with E-state index in [1.165, 1.54) is 29.9 Å². The van der Waals surface area contributed by atoms with Crippen LogP contribution in [0.15, 0.2) is 41.8 Å². The lowest BCUT2D eigenvalue weighted by Crippen LogP contribution is -2.40. The number of thiophene rings is 1. The summed E-state index contributed by atoms with van der Waals surface area (Å²) in [5, 5.41) is 4.91. The zero-order valence-electron chi connectivity index (χ0n) is 12.3. The third kappa shape index (κ3) is 3.65. The van der Waals surface area contributed by atoms with Crippen LogP contribution in [-0.2, 0) is 6.54 Å². The van der Waals surface area contributed by atoms with E-state index in [4.69, 9.17) is 0 Å². The van der Waals surface area contributed by atoms with Crippen molar-refractivity contribution in [2.75, 3.05) is 5.32 Å². The summed E-state index contributed by atoms with van der Waals surface area (Å²) in [5.41, 5.74) is 0.626. The average Bonchev–Trinajstić information content (AvgIpc) is 3.20. The van der Waals surface area contributed by atoms with Crippen molar-refractivity contribution in [2.45, 2.75) is 38.3 Å². The minimum absolute atomic E-state index is 0.105. The molecule has 3 nitrogen and oxygen atoms in total. The molecule has 0 aliphatic heterocycles. The van der Waals surface area contributed by atoms with Gasteiger partial charge < -0.3 is 10.2 Å². The minimum Gasteiger partial charge on any atom is -0.316 e. The standard InChI is InChI=1S/C17H19FN2OS/c18-13-7-9-14(10-8-13)19-17(21)20(15-4-1-2-5-15)12-16-6-3-11-22-16/h3,6-11,15H,1-2,4-5,12H2,(H,19,21). The molecule has 3 rings (SSSR count). The summed E-state index contributed by atoms with van der Waals surface area (Å²) in [4.78, 5) is 15.7. The molecule has 1 aromatic heterocycles. The number of nitrogens with one attached hydrogen (secondary N) is 1. The third-order valence-corrected chi connectivity index (χ3v) is 4.89. The Morgan fingerprint density at radius 2 is 1.95 bits per heavy atom. The first-order valence-corrected chi connectivity index (χ1v) is 8.46. The molecule has 1 aliphatic rings. The molecule has 1 aromatic carbocycles. The van der Waals surface area contributed by atoms with Crippen LogP contribution < -0.4 is 5.32 Å². The van der Waals surface area contributed by atoms with Crippen LogP contribution in [-0.4, -0.2) is 17.0 Å². The maximum Gasteiger partial charge on any atom is 0.322 e. The fourth-order valence-electron chi connectivity index (χ4n) is 2.88. The molecule has 0 atom stereocenters. The molecule has 1 saturated carbocycles. The maximum absolute atomic E-state index is 13.0. The fourth-order valence-corrected chi connectivity index (χ4v) is 3.58. The Labute approximate surface area is 133 Å². The number of amides is 2. The Kier molecular flexibility index (Phi) is 4.73. The SMILES string of the molecule is O=C(Nc1ccc(F)cc1)N(Cc1cccs1)C1CCCC1. The molecular formula is C17H19FN2OS. The number of urea groups is 1. The number of hydrogen-bond donors (Lipinski definition) is 1. The molecule has 5 heteroatoms. The first-order chi connectivity index (χ1) is 10.7. The van der Waals surface area contributed by atoms with Crippen LogP contribution in [0.5, 0.6) is 0 Å². The second-order valence-corrected chi connectivity index (χ2v) is 6.61. The van der Waals surface area contributed by atoms with Crippen LogP contribution >= 0.6 is 11.3 Å². The summed E-state index contributed by atoms with van der Waals surface area (Å²) in [6.45, 7) is 0.634. The first kappa shape index (κ1) is 15.0. The predicted molar refractivity (Wildman–Crippen MR) is 87.5 cm³/mol. The maximum atomic E-state index is 13.0. The summed E-state index contributed by atoms with van der Waals surface area (Å²) in [5.74, 6) is -0.302. The largest absolute Gasteiger partial charge is 0.322 e. The van der Waals surface area contributed by atoms with Gasteiger partial charge in [-0.1, -0.05) is 18.9 Å². The van der Waals surface area contributed by atoms with E-state index in [-0.39, 0.29) is 11.8 Å². The number of anilines is 1. The van der Waals surface area contributed by atoms with E-state index in [2.05, 4.69) is 11.4 Å². The van der Waals surface area contributed by atoms with E-state index in [1.54, 1.807) is 23.5 Å². The van der Waals surface area contributed by atoms with Crippen LogP contribution in [0.3, 0.4) is 0 Å². The molecule has 0 saturated heterocycles. The van der Waals surface area contributed by atoms with Crippen molar-refractivity contribution in [1.82, 2.24) is 4.90 Å². The first-order valence-electron chi connectivity index (χ1n) is 7.58. The molecule has 2 aromatic rings. The van der Waals surface area contributed by atoms with Gasteiger partial charge >= 0.3 is 6.03 Å². The van der Waals surface area contributed by atoms with Gasteiger partial charge in [0, 0.05) is 16.6 Å². The quantitative estimate of drug-likeness (QED) is 0.857. The highest BCUT2D eigenvalue weighted by molar-refractivity contribution is 7.09.